The van der Waals surface area contributed by atoms with E-state index in [1.165, 1.54) is 45.5 Å². The summed E-state index contributed by atoms with van der Waals surface area (Å²) in [7, 11) is 0. The van der Waals surface area contributed by atoms with Gasteiger partial charge in [0.15, 0.2) is 0 Å². The predicted octanol–water partition coefficient (Wildman–Crippen LogP) is 8.80. The van der Waals surface area contributed by atoms with E-state index in [0.717, 1.165) is 67.4 Å². The minimum Gasteiger partial charge on any atom is -0.493 e. The molecule has 2 aliphatic heterocycles. The number of imidazole rings is 1. The minimum atomic E-state index is 0.163. The standard InChI is InChI=1S/C43H51N3O/c1-27-12-14-39-41(46-31(5)45-39)24-34(20-27)33-13-15-42-35(22-33)21-28(2)32(17-19-47-42)23-40-37-16-18-43(6,36-10-8-7-9-11-36)25-38(37)30(4)29(3)26-44-40/h7-11,13-15,20,22,24,26-29,32H,12,16-19,21,23,25H2,1-6H3,(H,45,46). The van der Waals surface area contributed by atoms with Gasteiger partial charge in [0, 0.05) is 17.8 Å². The lowest BCUT2D eigenvalue weighted by Gasteiger charge is -2.39. The number of aromatic nitrogens is 2. The summed E-state index contributed by atoms with van der Waals surface area (Å²) in [5, 5.41) is 2.16. The summed E-state index contributed by atoms with van der Waals surface area (Å²) in [5.41, 5.74) is 11.4. The highest BCUT2D eigenvalue weighted by Crippen LogP contribution is 2.48. The van der Waals surface area contributed by atoms with E-state index in [-0.39, 0.29) is 5.41 Å². The number of allylic oxidation sites excluding steroid dienone is 6. The van der Waals surface area contributed by atoms with E-state index < -0.39 is 0 Å². The quantitative estimate of drug-likeness (QED) is 0.315. The van der Waals surface area contributed by atoms with E-state index >= 15 is 0 Å². The lowest BCUT2D eigenvalue weighted by Crippen LogP contribution is -2.29. The van der Waals surface area contributed by atoms with Crippen molar-refractivity contribution in [3.8, 4) is 5.75 Å². The Balaban J connectivity index is 1.16. The maximum absolute atomic E-state index is 6.49. The molecular formula is C43H51N3O. The maximum Gasteiger partial charge on any atom is 0.122 e. The fraction of sp³-hybridized carbons (Fsp3) is 0.442. The Morgan fingerprint density at radius 2 is 1.85 bits per heavy atom. The summed E-state index contributed by atoms with van der Waals surface area (Å²) in [6.07, 6.45) is 16.6. The second-order valence-corrected chi connectivity index (χ2v) is 15.2. The number of hydrogen-bond donors (Lipinski definition) is 1. The molecule has 0 saturated heterocycles. The molecule has 244 valence electrons. The molecule has 1 N–H and O–H groups in total. The molecule has 3 heterocycles. The molecule has 47 heavy (non-hydrogen) atoms. The monoisotopic (exact) mass is 625 g/mol. The predicted molar refractivity (Wildman–Crippen MR) is 196 cm³/mol. The zero-order valence-electron chi connectivity index (χ0n) is 29.2. The molecule has 4 nitrogen and oxygen atoms in total. The van der Waals surface area contributed by atoms with Crippen LogP contribution in [0.2, 0.25) is 0 Å². The van der Waals surface area contributed by atoms with Crippen LogP contribution in [0.5, 0.6) is 5.75 Å². The summed E-state index contributed by atoms with van der Waals surface area (Å²) < 4.78 is 6.49. The summed E-state index contributed by atoms with van der Waals surface area (Å²) >= 11 is 0. The van der Waals surface area contributed by atoms with Crippen LogP contribution in [0.25, 0.3) is 17.7 Å². The highest BCUT2D eigenvalue weighted by Gasteiger charge is 2.37. The molecule has 2 aliphatic carbocycles. The number of ether oxygens (including phenoxy) is 1. The van der Waals surface area contributed by atoms with E-state index in [4.69, 9.17) is 14.7 Å². The third kappa shape index (κ3) is 6.49. The Labute approximate surface area is 281 Å². The molecular weight excluding hydrogens is 574 g/mol. The molecule has 0 spiro atoms. The van der Waals surface area contributed by atoms with Crippen molar-refractivity contribution >= 4 is 23.9 Å². The summed E-state index contributed by atoms with van der Waals surface area (Å²) in [6, 6.07) is 18.0. The molecule has 1 aromatic heterocycles. The highest BCUT2D eigenvalue weighted by atomic mass is 16.5. The molecule has 5 unspecified atom stereocenters. The number of benzene rings is 2. The van der Waals surface area contributed by atoms with Crippen molar-refractivity contribution in [3.63, 3.8) is 0 Å². The van der Waals surface area contributed by atoms with Gasteiger partial charge in [0.2, 0.25) is 0 Å². The van der Waals surface area contributed by atoms with Gasteiger partial charge in [-0.1, -0.05) is 81.8 Å². The van der Waals surface area contributed by atoms with Gasteiger partial charge in [-0.3, -0.25) is 4.99 Å². The molecule has 4 aliphatic rings. The Hall–Kier alpha value is -3.92. The third-order valence-electron chi connectivity index (χ3n) is 11.6. The maximum atomic E-state index is 6.49. The fourth-order valence-electron chi connectivity index (χ4n) is 8.34. The van der Waals surface area contributed by atoms with Gasteiger partial charge in [-0.25, -0.2) is 4.98 Å². The van der Waals surface area contributed by atoms with Gasteiger partial charge in [-0.15, -0.1) is 0 Å². The number of hydrogen-bond acceptors (Lipinski definition) is 3. The first-order valence-corrected chi connectivity index (χ1v) is 17.9. The molecule has 1 fully saturated rings. The van der Waals surface area contributed by atoms with E-state index in [0.29, 0.717) is 23.7 Å². The Morgan fingerprint density at radius 3 is 2.68 bits per heavy atom. The second kappa shape index (κ2) is 12.9. The highest BCUT2D eigenvalue weighted by molar-refractivity contribution is 5.88. The number of aliphatic imine (C=N–C) groups is 1. The van der Waals surface area contributed by atoms with Crippen LogP contribution in [0.3, 0.4) is 0 Å². The Bertz CT molecular complexity index is 1900. The first-order chi connectivity index (χ1) is 22.7. The van der Waals surface area contributed by atoms with Gasteiger partial charge in [0.25, 0.3) is 0 Å². The van der Waals surface area contributed by atoms with Crippen LogP contribution in [-0.4, -0.2) is 22.8 Å². The SMILES string of the molecule is CC1=C2CC(C)(c3ccccc3)CCC2=C(CC2CCOc3ccc(C4=CC(C)CC=c5nc(C)[nH]c5=C4)cc3CC2C)N=CC1C. The molecule has 3 aromatic rings. The first-order valence-electron chi connectivity index (χ1n) is 17.9. The number of aromatic amines is 1. The van der Waals surface area contributed by atoms with Crippen LogP contribution < -0.4 is 15.4 Å². The van der Waals surface area contributed by atoms with Crippen molar-refractivity contribution in [2.75, 3.05) is 6.61 Å². The van der Waals surface area contributed by atoms with Crippen LogP contribution in [0.1, 0.15) is 95.7 Å². The van der Waals surface area contributed by atoms with Gasteiger partial charge in [-0.05, 0) is 134 Å². The van der Waals surface area contributed by atoms with Crippen molar-refractivity contribution in [3.05, 3.63) is 110 Å². The van der Waals surface area contributed by atoms with Crippen LogP contribution in [0.15, 0.2) is 82.0 Å². The zero-order chi connectivity index (χ0) is 32.7. The van der Waals surface area contributed by atoms with E-state index in [1.54, 1.807) is 5.57 Å². The van der Waals surface area contributed by atoms with Crippen molar-refractivity contribution in [1.82, 2.24) is 9.97 Å². The van der Waals surface area contributed by atoms with Gasteiger partial charge in [-0.2, -0.15) is 0 Å². The number of rotatable bonds is 4. The molecule has 2 aromatic carbocycles. The van der Waals surface area contributed by atoms with E-state index in [9.17, 15) is 0 Å². The van der Waals surface area contributed by atoms with Gasteiger partial charge < -0.3 is 9.72 Å². The number of nitrogens with one attached hydrogen (secondary N) is 1. The van der Waals surface area contributed by atoms with Crippen LogP contribution in [0, 0.1) is 30.6 Å². The lowest BCUT2D eigenvalue weighted by molar-refractivity contribution is 0.221. The van der Waals surface area contributed by atoms with Crippen molar-refractivity contribution in [1.29, 1.82) is 0 Å². The lowest BCUT2D eigenvalue weighted by atomic mass is 9.65. The minimum absolute atomic E-state index is 0.163. The number of aryl methyl sites for hydroxylation is 1. The van der Waals surface area contributed by atoms with Crippen LogP contribution >= 0.6 is 0 Å². The average Bonchev–Trinajstić information content (AvgIpc) is 3.35. The molecule has 5 atom stereocenters. The molecule has 4 heteroatoms. The normalized spacial score (nSPS) is 27.7. The summed E-state index contributed by atoms with van der Waals surface area (Å²) in [5.74, 6) is 3.85. The van der Waals surface area contributed by atoms with Crippen LogP contribution in [0.4, 0.5) is 0 Å². The molecule has 0 radical (unpaired) electrons. The number of fused-ring (bicyclic) bond motifs is 3. The van der Waals surface area contributed by atoms with Crippen molar-refractivity contribution in [2.45, 2.75) is 91.9 Å². The summed E-state index contributed by atoms with van der Waals surface area (Å²) in [6.45, 7) is 14.7. The first kappa shape index (κ1) is 31.7. The van der Waals surface area contributed by atoms with E-state index in [2.05, 4.69) is 113 Å². The Kier molecular flexibility index (Phi) is 8.72. The molecule has 1 saturated carbocycles. The molecule has 0 amide bonds. The topological polar surface area (TPSA) is 50.3 Å². The Morgan fingerprint density at radius 1 is 1.02 bits per heavy atom. The second-order valence-electron chi connectivity index (χ2n) is 15.2. The van der Waals surface area contributed by atoms with Gasteiger partial charge in [0.1, 0.15) is 11.6 Å². The third-order valence-corrected chi connectivity index (χ3v) is 11.6. The van der Waals surface area contributed by atoms with E-state index in [1.807, 2.05) is 6.92 Å². The van der Waals surface area contributed by atoms with Gasteiger partial charge >= 0.3 is 0 Å². The molecule has 7 rings (SSSR count). The fourth-order valence-corrected chi connectivity index (χ4v) is 8.34. The van der Waals surface area contributed by atoms with Crippen LogP contribution in [-0.2, 0) is 11.8 Å². The molecule has 0 bridgehead atoms. The smallest absolute Gasteiger partial charge is 0.122 e. The zero-order valence-corrected chi connectivity index (χ0v) is 29.2. The largest absolute Gasteiger partial charge is 0.493 e. The average molecular weight is 626 g/mol. The van der Waals surface area contributed by atoms with Crippen molar-refractivity contribution < 1.29 is 4.74 Å². The van der Waals surface area contributed by atoms with Crippen molar-refractivity contribution in [2.24, 2.45) is 28.7 Å². The number of H-pyrrole nitrogens is 1. The summed E-state index contributed by atoms with van der Waals surface area (Å²) in [4.78, 5) is 13.5. The van der Waals surface area contributed by atoms with Gasteiger partial charge in [0.05, 0.1) is 17.3 Å². The number of nitrogens with zero attached hydrogens (tertiary/aromatic N) is 2.